The molecule has 0 saturated heterocycles. The van der Waals surface area contributed by atoms with Crippen LogP contribution in [0.1, 0.15) is 44.6 Å². The molecule has 3 aromatic carbocycles. The minimum Gasteiger partial charge on any atom is -0.352 e. The summed E-state index contributed by atoms with van der Waals surface area (Å²) >= 11 is 18.6. The van der Waals surface area contributed by atoms with E-state index in [1.807, 2.05) is 6.92 Å². The lowest BCUT2D eigenvalue weighted by Crippen LogP contribution is -2.53. The first kappa shape index (κ1) is 31.2. The monoisotopic (exact) mass is 635 g/mol. The van der Waals surface area contributed by atoms with E-state index >= 15 is 0 Å². The average Bonchev–Trinajstić information content (AvgIpc) is 3.46. The molecule has 0 heterocycles. The van der Waals surface area contributed by atoms with Crippen LogP contribution in [0.4, 0.5) is 5.69 Å². The van der Waals surface area contributed by atoms with Crippen molar-refractivity contribution < 1.29 is 18.0 Å². The van der Waals surface area contributed by atoms with Crippen molar-refractivity contribution in [3.05, 3.63) is 93.4 Å². The molecule has 1 aliphatic carbocycles. The van der Waals surface area contributed by atoms with E-state index in [0.717, 1.165) is 30.0 Å². The van der Waals surface area contributed by atoms with Crippen LogP contribution < -0.4 is 9.62 Å². The zero-order chi connectivity index (χ0) is 29.6. The maximum Gasteiger partial charge on any atom is 0.264 e. The number of rotatable bonds is 11. The lowest BCUT2D eigenvalue weighted by Gasteiger charge is -2.34. The Morgan fingerprint density at radius 3 is 2.17 bits per heavy atom. The van der Waals surface area contributed by atoms with Crippen LogP contribution in [-0.4, -0.2) is 43.8 Å². The number of nitrogens with one attached hydrogen (secondary N) is 1. The highest BCUT2D eigenvalue weighted by Crippen LogP contribution is 2.28. The molecule has 1 saturated carbocycles. The highest BCUT2D eigenvalue weighted by Gasteiger charge is 2.34. The number of sulfonamides is 1. The van der Waals surface area contributed by atoms with Gasteiger partial charge in [-0.2, -0.15) is 0 Å². The van der Waals surface area contributed by atoms with Gasteiger partial charge < -0.3 is 10.2 Å². The summed E-state index contributed by atoms with van der Waals surface area (Å²) in [5.41, 5.74) is 0.847. The lowest BCUT2D eigenvalue weighted by atomic mass is 10.1. The van der Waals surface area contributed by atoms with Crippen molar-refractivity contribution in [2.45, 2.75) is 62.6 Å². The van der Waals surface area contributed by atoms with Crippen LogP contribution in [0.15, 0.2) is 77.7 Å². The van der Waals surface area contributed by atoms with Gasteiger partial charge in [-0.1, -0.05) is 78.8 Å². The summed E-state index contributed by atoms with van der Waals surface area (Å²) in [7, 11) is -4.15. The van der Waals surface area contributed by atoms with Gasteiger partial charge in [0.05, 0.1) is 10.6 Å². The number of carbonyl (C=O) groups is 2. The highest BCUT2D eigenvalue weighted by atomic mass is 35.5. The van der Waals surface area contributed by atoms with E-state index in [1.54, 1.807) is 60.7 Å². The summed E-state index contributed by atoms with van der Waals surface area (Å²) in [6, 6.07) is 18.2. The smallest absolute Gasteiger partial charge is 0.264 e. The maximum absolute atomic E-state index is 14.1. The molecule has 0 aliphatic heterocycles. The molecule has 1 fully saturated rings. The molecule has 1 atom stereocenters. The molecular formula is C30H32Cl3N3O4S. The lowest BCUT2D eigenvalue weighted by molar-refractivity contribution is -0.140. The molecule has 218 valence electrons. The maximum atomic E-state index is 14.1. The van der Waals surface area contributed by atoms with Gasteiger partial charge in [0, 0.05) is 27.7 Å². The number of benzene rings is 3. The molecule has 1 N–H and O–H groups in total. The van der Waals surface area contributed by atoms with Crippen LogP contribution >= 0.6 is 34.8 Å². The van der Waals surface area contributed by atoms with E-state index in [4.69, 9.17) is 34.8 Å². The topological polar surface area (TPSA) is 86.8 Å². The zero-order valence-electron chi connectivity index (χ0n) is 22.6. The Balaban J connectivity index is 1.72. The number of amides is 2. The fourth-order valence-corrected chi connectivity index (χ4v) is 7.01. The molecule has 0 aromatic heterocycles. The van der Waals surface area contributed by atoms with Gasteiger partial charge in [-0.25, -0.2) is 8.42 Å². The van der Waals surface area contributed by atoms with Gasteiger partial charge in [0.2, 0.25) is 11.8 Å². The molecule has 3 aromatic rings. The minimum absolute atomic E-state index is 0.00866. The van der Waals surface area contributed by atoms with E-state index in [1.165, 1.54) is 17.0 Å². The Kier molecular flexibility index (Phi) is 10.6. The Morgan fingerprint density at radius 1 is 0.927 bits per heavy atom. The molecule has 11 heteroatoms. The first-order valence-electron chi connectivity index (χ1n) is 13.5. The molecule has 41 heavy (non-hydrogen) atoms. The normalized spacial score (nSPS) is 14.4. The highest BCUT2D eigenvalue weighted by molar-refractivity contribution is 7.92. The molecule has 4 rings (SSSR count). The largest absolute Gasteiger partial charge is 0.352 e. The van der Waals surface area contributed by atoms with Gasteiger partial charge in [-0.15, -0.1) is 0 Å². The van der Waals surface area contributed by atoms with Crippen molar-refractivity contribution in [2.75, 3.05) is 10.8 Å². The zero-order valence-corrected chi connectivity index (χ0v) is 25.7. The number of halogens is 3. The van der Waals surface area contributed by atoms with Crippen LogP contribution in [0, 0.1) is 0 Å². The average molecular weight is 637 g/mol. The number of hydrogen-bond acceptors (Lipinski definition) is 4. The van der Waals surface area contributed by atoms with E-state index in [0.29, 0.717) is 27.1 Å². The van der Waals surface area contributed by atoms with Gasteiger partial charge in [-0.05, 0) is 73.4 Å². The quantitative estimate of drug-likeness (QED) is 0.254. The third kappa shape index (κ3) is 7.74. The van der Waals surface area contributed by atoms with Crippen LogP contribution in [0.3, 0.4) is 0 Å². The fraction of sp³-hybridized carbons (Fsp3) is 0.333. The molecule has 0 spiro atoms. The van der Waals surface area contributed by atoms with Crippen LogP contribution in [0.25, 0.3) is 0 Å². The number of hydrogen-bond donors (Lipinski definition) is 1. The minimum atomic E-state index is -4.15. The Hall–Kier alpha value is -2.78. The molecule has 7 nitrogen and oxygen atoms in total. The summed E-state index contributed by atoms with van der Waals surface area (Å²) in [6.45, 7) is 1.27. The second kappa shape index (κ2) is 13.9. The van der Waals surface area contributed by atoms with E-state index in [9.17, 15) is 18.0 Å². The van der Waals surface area contributed by atoms with Crippen LogP contribution in [-0.2, 0) is 26.2 Å². The van der Waals surface area contributed by atoms with Crippen LogP contribution in [0.2, 0.25) is 15.1 Å². The van der Waals surface area contributed by atoms with Gasteiger partial charge in [0.15, 0.2) is 0 Å². The molecule has 0 unspecified atom stereocenters. The van der Waals surface area contributed by atoms with Gasteiger partial charge in [0.25, 0.3) is 10.0 Å². The molecule has 2 amide bonds. The fourth-order valence-electron chi connectivity index (χ4n) is 4.98. The van der Waals surface area contributed by atoms with Gasteiger partial charge in [-0.3, -0.25) is 13.9 Å². The number of nitrogens with zero attached hydrogens (tertiary/aromatic N) is 2. The predicted molar refractivity (Wildman–Crippen MR) is 164 cm³/mol. The third-order valence-electron chi connectivity index (χ3n) is 7.17. The predicted octanol–water partition coefficient (Wildman–Crippen LogP) is 6.71. The first-order valence-corrected chi connectivity index (χ1v) is 16.0. The van der Waals surface area contributed by atoms with Gasteiger partial charge >= 0.3 is 0 Å². The van der Waals surface area contributed by atoms with Crippen molar-refractivity contribution in [3.63, 3.8) is 0 Å². The standard InChI is InChI=1S/C30H32Cl3N3O4S/c1-2-28(30(38)34-24-8-6-7-9-24)35(19-21-12-13-23(32)18-27(21)33)29(37)20-36(25-16-14-22(31)15-17-25)41(39,40)26-10-4-3-5-11-26/h3-5,10-18,24,28H,2,6-9,19-20H2,1H3,(H,34,38)/t28-/m0/s1. The van der Waals surface area contributed by atoms with E-state index in [2.05, 4.69) is 5.32 Å². The van der Waals surface area contributed by atoms with E-state index in [-0.39, 0.29) is 29.1 Å². The summed E-state index contributed by atoms with van der Waals surface area (Å²) in [6.07, 6.45) is 4.18. The van der Waals surface area contributed by atoms with Crippen LogP contribution in [0.5, 0.6) is 0 Å². The van der Waals surface area contributed by atoms with Crippen molar-refractivity contribution in [2.24, 2.45) is 0 Å². The van der Waals surface area contributed by atoms with Gasteiger partial charge in [0.1, 0.15) is 12.6 Å². The summed E-state index contributed by atoms with van der Waals surface area (Å²) < 4.78 is 28.7. The van der Waals surface area contributed by atoms with Crippen molar-refractivity contribution >= 4 is 62.3 Å². The Bertz CT molecular complexity index is 1460. The van der Waals surface area contributed by atoms with E-state index < -0.39 is 28.5 Å². The van der Waals surface area contributed by atoms with Crippen molar-refractivity contribution in [1.29, 1.82) is 0 Å². The summed E-state index contributed by atoms with van der Waals surface area (Å²) in [5.74, 6) is -0.833. The second-order valence-corrected chi connectivity index (χ2v) is 13.1. The second-order valence-electron chi connectivity index (χ2n) is 9.97. The number of carbonyl (C=O) groups excluding carboxylic acids is 2. The SMILES string of the molecule is CC[C@@H](C(=O)NC1CCCC1)N(Cc1ccc(Cl)cc1Cl)C(=O)CN(c1ccc(Cl)cc1)S(=O)(=O)c1ccccc1. The molecular weight excluding hydrogens is 605 g/mol. The first-order chi connectivity index (χ1) is 19.6. The summed E-state index contributed by atoms with van der Waals surface area (Å²) in [4.78, 5) is 29.1. The Morgan fingerprint density at radius 2 is 1.56 bits per heavy atom. The van der Waals surface area contributed by atoms with Crippen molar-refractivity contribution in [3.8, 4) is 0 Å². The molecule has 0 bridgehead atoms. The molecule has 1 aliphatic rings. The summed E-state index contributed by atoms with van der Waals surface area (Å²) in [5, 5.41) is 4.29. The molecule has 0 radical (unpaired) electrons. The number of anilines is 1. The van der Waals surface area contributed by atoms with Crippen molar-refractivity contribution in [1.82, 2.24) is 10.2 Å². The Labute approximate surface area is 256 Å². The third-order valence-corrected chi connectivity index (χ3v) is 9.79.